The van der Waals surface area contributed by atoms with Crippen LogP contribution >= 0.6 is 0 Å². The van der Waals surface area contributed by atoms with Crippen LogP contribution in [0.5, 0.6) is 11.5 Å². The fraction of sp³-hybridized carbons (Fsp3) is 0.368. The summed E-state index contributed by atoms with van der Waals surface area (Å²) in [6.07, 6.45) is 3.79. The minimum atomic E-state index is 0.387. The number of ether oxygens (including phenoxy) is 3. The van der Waals surface area contributed by atoms with Gasteiger partial charge in [0.15, 0.2) is 5.65 Å². The smallest absolute Gasteiger partial charge is 0.154 e. The fourth-order valence-corrected chi connectivity index (χ4v) is 3.15. The van der Waals surface area contributed by atoms with Gasteiger partial charge in [0.1, 0.15) is 17.3 Å². The highest BCUT2D eigenvalue weighted by Gasteiger charge is 2.15. The lowest BCUT2D eigenvalue weighted by Crippen LogP contribution is -2.28. The molecule has 136 valence electrons. The van der Waals surface area contributed by atoms with Gasteiger partial charge < -0.3 is 19.5 Å². The monoisotopic (exact) mass is 354 g/mol. The van der Waals surface area contributed by atoms with Crippen LogP contribution in [-0.2, 0) is 4.74 Å². The van der Waals surface area contributed by atoms with E-state index in [2.05, 4.69) is 10.3 Å². The van der Waals surface area contributed by atoms with Gasteiger partial charge >= 0.3 is 0 Å². The predicted molar refractivity (Wildman–Crippen MR) is 99.0 cm³/mol. The highest BCUT2D eigenvalue weighted by atomic mass is 16.5. The van der Waals surface area contributed by atoms with Crippen molar-refractivity contribution in [3.63, 3.8) is 0 Å². The van der Waals surface area contributed by atoms with Crippen molar-refractivity contribution in [2.75, 3.05) is 32.8 Å². The van der Waals surface area contributed by atoms with E-state index in [1.165, 1.54) is 0 Å². The number of nitrogens with zero attached hydrogens (tertiary/aromatic N) is 3. The lowest BCUT2D eigenvalue weighted by Gasteiger charge is -2.23. The van der Waals surface area contributed by atoms with Crippen molar-refractivity contribution in [1.29, 1.82) is 0 Å². The van der Waals surface area contributed by atoms with E-state index in [4.69, 9.17) is 19.3 Å². The number of aromatic nitrogens is 3. The van der Waals surface area contributed by atoms with E-state index in [1.54, 1.807) is 14.2 Å². The molecule has 7 heteroatoms. The van der Waals surface area contributed by atoms with Gasteiger partial charge in [0.2, 0.25) is 0 Å². The van der Waals surface area contributed by atoms with Crippen LogP contribution in [0, 0.1) is 0 Å². The van der Waals surface area contributed by atoms with Crippen molar-refractivity contribution in [2.24, 2.45) is 0 Å². The Balaban J connectivity index is 1.70. The second kappa shape index (κ2) is 7.21. The third-order valence-corrected chi connectivity index (χ3v) is 4.58. The second-order valence-corrected chi connectivity index (χ2v) is 6.26. The summed E-state index contributed by atoms with van der Waals surface area (Å²) in [7, 11) is 3.28. The standard InChI is InChI=1S/C19H22N4O3/c1-24-15-9-13(10-16(11-15)25-2)17-12-20-19-4-3-18(22-23(17)19)21-14-5-7-26-8-6-14/h3-4,9-12,14H,5-8H2,1-2H3,(H,21,22). The Kier molecular flexibility index (Phi) is 4.62. The lowest BCUT2D eigenvalue weighted by molar-refractivity contribution is 0.0903. The number of anilines is 1. The molecule has 3 heterocycles. The molecule has 7 nitrogen and oxygen atoms in total. The quantitative estimate of drug-likeness (QED) is 0.760. The molecule has 1 fully saturated rings. The first-order chi connectivity index (χ1) is 12.8. The average Bonchev–Trinajstić information content (AvgIpc) is 3.11. The maximum Gasteiger partial charge on any atom is 0.154 e. The summed E-state index contributed by atoms with van der Waals surface area (Å²) in [4.78, 5) is 4.47. The van der Waals surface area contributed by atoms with Gasteiger partial charge in [-0.25, -0.2) is 9.50 Å². The van der Waals surface area contributed by atoms with Crippen molar-refractivity contribution in [3.8, 4) is 22.8 Å². The van der Waals surface area contributed by atoms with Gasteiger partial charge in [-0.05, 0) is 37.1 Å². The summed E-state index contributed by atoms with van der Waals surface area (Å²) < 4.78 is 18.0. The number of imidazole rings is 1. The zero-order valence-corrected chi connectivity index (χ0v) is 14.9. The molecule has 0 bridgehead atoms. The SMILES string of the molecule is COc1cc(OC)cc(-c2cnc3ccc(NC4CCOCC4)nn23)c1. The molecule has 1 aromatic carbocycles. The summed E-state index contributed by atoms with van der Waals surface area (Å²) in [6.45, 7) is 1.58. The largest absolute Gasteiger partial charge is 0.497 e. The third kappa shape index (κ3) is 3.30. The van der Waals surface area contributed by atoms with Gasteiger partial charge in [0, 0.05) is 30.9 Å². The molecule has 3 aromatic rings. The molecule has 0 spiro atoms. The topological polar surface area (TPSA) is 69.9 Å². The molecule has 26 heavy (non-hydrogen) atoms. The molecule has 0 amide bonds. The molecular weight excluding hydrogens is 332 g/mol. The van der Waals surface area contributed by atoms with E-state index in [9.17, 15) is 0 Å². The molecule has 0 aliphatic carbocycles. The maximum atomic E-state index is 5.42. The van der Waals surface area contributed by atoms with Gasteiger partial charge in [-0.3, -0.25) is 0 Å². The molecule has 2 aromatic heterocycles. The van der Waals surface area contributed by atoms with Crippen LogP contribution < -0.4 is 14.8 Å². The Bertz CT molecular complexity index is 881. The molecule has 0 atom stereocenters. The van der Waals surface area contributed by atoms with Crippen molar-refractivity contribution in [2.45, 2.75) is 18.9 Å². The number of benzene rings is 1. The Hall–Kier alpha value is -2.80. The third-order valence-electron chi connectivity index (χ3n) is 4.58. The zero-order valence-electron chi connectivity index (χ0n) is 14.9. The molecule has 1 aliphatic rings. The number of nitrogens with one attached hydrogen (secondary N) is 1. The van der Waals surface area contributed by atoms with Gasteiger partial charge in [-0.15, -0.1) is 5.10 Å². The van der Waals surface area contributed by atoms with Crippen molar-refractivity contribution in [3.05, 3.63) is 36.5 Å². The van der Waals surface area contributed by atoms with E-state index in [-0.39, 0.29) is 0 Å². The normalized spacial score (nSPS) is 15.2. The fourth-order valence-electron chi connectivity index (χ4n) is 3.15. The van der Waals surface area contributed by atoms with Crippen LogP contribution in [-0.4, -0.2) is 48.1 Å². The molecule has 4 rings (SSSR count). The van der Waals surface area contributed by atoms with Crippen LogP contribution in [0.1, 0.15) is 12.8 Å². The van der Waals surface area contributed by atoms with Crippen LogP contribution in [0.2, 0.25) is 0 Å². The highest BCUT2D eigenvalue weighted by molar-refractivity contribution is 5.67. The predicted octanol–water partition coefficient (Wildman–Crippen LogP) is 3.00. The molecule has 1 saturated heterocycles. The van der Waals surface area contributed by atoms with Crippen molar-refractivity contribution in [1.82, 2.24) is 14.6 Å². The molecule has 1 N–H and O–H groups in total. The van der Waals surface area contributed by atoms with E-state index in [0.717, 1.165) is 60.3 Å². The highest BCUT2D eigenvalue weighted by Crippen LogP contribution is 2.30. The Labute approximate surface area is 151 Å². The van der Waals surface area contributed by atoms with Crippen molar-refractivity contribution < 1.29 is 14.2 Å². The Morgan fingerprint density at radius 2 is 1.81 bits per heavy atom. The first kappa shape index (κ1) is 16.7. The van der Waals surface area contributed by atoms with E-state index < -0.39 is 0 Å². The van der Waals surface area contributed by atoms with Gasteiger partial charge in [0.25, 0.3) is 0 Å². The molecule has 0 radical (unpaired) electrons. The van der Waals surface area contributed by atoms with Gasteiger partial charge in [0.05, 0.1) is 26.1 Å². The Morgan fingerprint density at radius 3 is 2.50 bits per heavy atom. The molecule has 1 aliphatic heterocycles. The molecule has 0 saturated carbocycles. The molecule has 0 unspecified atom stereocenters. The summed E-state index contributed by atoms with van der Waals surface area (Å²) in [5, 5.41) is 8.23. The van der Waals surface area contributed by atoms with Crippen molar-refractivity contribution >= 4 is 11.5 Å². The molecular formula is C19H22N4O3. The van der Waals surface area contributed by atoms with E-state index in [1.807, 2.05) is 41.0 Å². The van der Waals surface area contributed by atoms with Crippen LogP contribution in [0.25, 0.3) is 16.9 Å². The maximum absolute atomic E-state index is 5.42. The van der Waals surface area contributed by atoms with Gasteiger partial charge in [-0.1, -0.05) is 0 Å². The summed E-state index contributed by atoms with van der Waals surface area (Å²) >= 11 is 0. The first-order valence-corrected chi connectivity index (χ1v) is 8.69. The van der Waals surface area contributed by atoms with Gasteiger partial charge in [-0.2, -0.15) is 0 Å². The lowest BCUT2D eigenvalue weighted by atomic mass is 10.1. The Morgan fingerprint density at radius 1 is 1.08 bits per heavy atom. The number of rotatable bonds is 5. The minimum Gasteiger partial charge on any atom is -0.497 e. The summed E-state index contributed by atoms with van der Waals surface area (Å²) in [6, 6.07) is 10.1. The summed E-state index contributed by atoms with van der Waals surface area (Å²) in [5.41, 5.74) is 2.61. The van der Waals surface area contributed by atoms with E-state index >= 15 is 0 Å². The number of methoxy groups -OCH3 is 2. The number of fused-ring (bicyclic) bond motifs is 1. The first-order valence-electron chi connectivity index (χ1n) is 8.69. The second-order valence-electron chi connectivity index (χ2n) is 6.26. The number of hydrogen-bond acceptors (Lipinski definition) is 6. The zero-order chi connectivity index (χ0) is 17.9. The minimum absolute atomic E-state index is 0.387. The number of hydrogen-bond donors (Lipinski definition) is 1. The van der Waals surface area contributed by atoms with E-state index in [0.29, 0.717) is 6.04 Å². The van der Waals surface area contributed by atoms with Crippen LogP contribution in [0.15, 0.2) is 36.5 Å². The average molecular weight is 354 g/mol. The van der Waals surface area contributed by atoms with Crippen LogP contribution in [0.3, 0.4) is 0 Å². The van der Waals surface area contributed by atoms with Crippen LogP contribution in [0.4, 0.5) is 5.82 Å². The summed E-state index contributed by atoms with van der Waals surface area (Å²) in [5.74, 6) is 2.29.